The van der Waals surface area contributed by atoms with Crippen molar-refractivity contribution in [3.63, 3.8) is 0 Å². The Kier molecular flexibility index (Phi) is 2.70. The van der Waals surface area contributed by atoms with E-state index in [9.17, 15) is 0 Å². The molecular weight excluding hydrogens is 162 g/mol. The topological polar surface area (TPSA) is 64.1 Å². The van der Waals surface area contributed by atoms with Crippen LogP contribution in [0.4, 0.5) is 5.69 Å². The lowest BCUT2D eigenvalue weighted by atomic mass is 10.2. The molecule has 0 unspecified atom stereocenters. The molecule has 0 amide bonds. The Morgan fingerprint density at radius 2 is 2.18 bits per heavy atom. The van der Waals surface area contributed by atoms with E-state index in [4.69, 9.17) is 23.2 Å². The lowest BCUT2D eigenvalue weighted by molar-refractivity contribution is 1.07. The predicted octanol–water partition coefficient (Wildman–Crippen LogP) is 1.08. The molecule has 60 valence electrons. The molecule has 0 heterocycles. The molecule has 0 aliphatic heterocycles. The standard InChI is InChI=1S/C7H10ClN3/c8-6-2-1-5(4-9)7(3-6)11-10/h1-3,11H,4,9-10H2. The van der Waals surface area contributed by atoms with Crippen molar-refractivity contribution in [2.24, 2.45) is 11.6 Å². The zero-order chi connectivity index (χ0) is 8.27. The van der Waals surface area contributed by atoms with Gasteiger partial charge in [-0.05, 0) is 17.7 Å². The van der Waals surface area contributed by atoms with Crippen molar-refractivity contribution in [2.45, 2.75) is 6.54 Å². The van der Waals surface area contributed by atoms with Crippen LogP contribution in [0.5, 0.6) is 0 Å². The third-order valence-electron chi connectivity index (χ3n) is 1.45. The summed E-state index contributed by atoms with van der Waals surface area (Å²) in [7, 11) is 0. The number of anilines is 1. The molecule has 5 N–H and O–H groups in total. The molecule has 0 saturated heterocycles. The summed E-state index contributed by atoms with van der Waals surface area (Å²) in [6.45, 7) is 0.455. The summed E-state index contributed by atoms with van der Waals surface area (Å²) in [5, 5.41) is 0.648. The summed E-state index contributed by atoms with van der Waals surface area (Å²) >= 11 is 5.72. The number of nitrogen functional groups attached to an aromatic ring is 1. The molecule has 1 rings (SSSR count). The van der Waals surface area contributed by atoms with Gasteiger partial charge in [0.15, 0.2) is 0 Å². The maximum Gasteiger partial charge on any atom is 0.0544 e. The molecule has 0 radical (unpaired) electrons. The van der Waals surface area contributed by atoms with Crippen LogP contribution in [0.2, 0.25) is 5.02 Å². The molecule has 0 atom stereocenters. The minimum absolute atomic E-state index is 0.455. The van der Waals surface area contributed by atoms with Crippen molar-refractivity contribution in [2.75, 3.05) is 5.43 Å². The van der Waals surface area contributed by atoms with E-state index in [1.165, 1.54) is 0 Å². The molecule has 4 heteroatoms. The largest absolute Gasteiger partial charge is 0.326 e. The average molecular weight is 172 g/mol. The van der Waals surface area contributed by atoms with E-state index in [1.54, 1.807) is 12.1 Å². The molecule has 0 fully saturated rings. The summed E-state index contributed by atoms with van der Waals surface area (Å²) in [5.74, 6) is 5.23. The Labute approximate surface area is 70.3 Å². The third kappa shape index (κ3) is 1.83. The van der Waals surface area contributed by atoms with Crippen LogP contribution in [-0.2, 0) is 6.54 Å². The summed E-state index contributed by atoms with van der Waals surface area (Å²) in [6, 6.07) is 5.37. The van der Waals surface area contributed by atoms with Gasteiger partial charge < -0.3 is 11.2 Å². The van der Waals surface area contributed by atoms with Gasteiger partial charge in [-0.25, -0.2) is 0 Å². The van der Waals surface area contributed by atoms with E-state index < -0.39 is 0 Å². The molecule has 3 nitrogen and oxygen atoms in total. The summed E-state index contributed by atoms with van der Waals surface area (Å²) in [5.41, 5.74) is 9.69. The molecule has 0 aliphatic carbocycles. The number of hydrogen-bond donors (Lipinski definition) is 3. The van der Waals surface area contributed by atoms with E-state index >= 15 is 0 Å². The number of hydrogen-bond acceptors (Lipinski definition) is 3. The van der Waals surface area contributed by atoms with Gasteiger partial charge in [0, 0.05) is 11.6 Å². The van der Waals surface area contributed by atoms with E-state index in [0.717, 1.165) is 11.3 Å². The molecule has 0 spiro atoms. The first-order chi connectivity index (χ1) is 5.27. The fourth-order valence-electron chi connectivity index (χ4n) is 0.861. The number of hydrazine groups is 1. The lowest BCUT2D eigenvalue weighted by Gasteiger charge is -2.05. The van der Waals surface area contributed by atoms with Crippen LogP contribution >= 0.6 is 11.6 Å². The van der Waals surface area contributed by atoms with Crippen LogP contribution < -0.4 is 17.0 Å². The predicted molar refractivity (Wildman–Crippen MR) is 47.2 cm³/mol. The van der Waals surface area contributed by atoms with E-state index in [1.807, 2.05) is 6.07 Å². The fourth-order valence-corrected chi connectivity index (χ4v) is 1.03. The molecule has 0 aliphatic rings. The third-order valence-corrected chi connectivity index (χ3v) is 1.68. The molecule has 11 heavy (non-hydrogen) atoms. The Morgan fingerprint density at radius 3 is 2.73 bits per heavy atom. The van der Waals surface area contributed by atoms with Gasteiger partial charge in [-0.15, -0.1) is 0 Å². The number of rotatable bonds is 2. The Bertz CT molecular complexity index is 249. The zero-order valence-corrected chi connectivity index (χ0v) is 6.73. The van der Waals surface area contributed by atoms with Crippen molar-refractivity contribution in [3.05, 3.63) is 28.8 Å². The van der Waals surface area contributed by atoms with Gasteiger partial charge in [0.2, 0.25) is 0 Å². The average Bonchev–Trinajstić information content (AvgIpc) is 2.04. The second-order valence-electron chi connectivity index (χ2n) is 2.15. The van der Waals surface area contributed by atoms with Crippen molar-refractivity contribution < 1.29 is 0 Å². The Hall–Kier alpha value is -0.770. The van der Waals surface area contributed by atoms with Crippen molar-refractivity contribution >= 4 is 17.3 Å². The molecule has 0 aromatic heterocycles. The second kappa shape index (κ2) is 3.57. The van der Waals surface area contributed by atoms with Crippen LogP contribution in [0, 0.1) is 0 Å². The van der Waals surface area contributed by atoms with Gasteiger partial charge in [-0.3, -0.25) is 5.84 Å². The summed E-state index contributed by atoms with van der Waals surface area (Å²) in [4.78, 5) is 0. The van der Waals surface area contributed by atoms with Crippen LogP contribution in [0.25, 0.3) is 0 Å². The highest BCUT2D eigenvalue weighted by molar-refractivity contribution is 6.30. The Balaban J connectivity index is 3.06. The first-order valence-electron chi connectivity index (χ1n) is 3.23. The highest BCUT2D eigenvalue weighted by Gasteiger charge is 1.98. The lowest BCUT2D eigenvalue weighted by Crippen LogP contribution is -2.10. The fraction of sp³-hybridized carbons (Fsp3) is 0.143. The number of halogens is 1. The van der Waals surface area contributed by atoms with Crippen LogP contribution in [0.3, 0.4) is 0 Å². The highest BCUT2D eigenvalue weighted by atomic mass is 35.5. The SMILES string of the molecule is NCc1ccc(Cl)cc1NN. The van der Waals surface area contributed by atoms with Crippen molar-refractivity contribution in [1.82, 2.24) is 0 Å². The van der Waals surface area contributed by atoms with Crippen LogP contribution in [0.15, 0.2) is 18.2 Å². The van der Waals surface area contributed by atoms with Gasteiger partial charge in [0.05, 0.1) is 5.69 Å². The van der Waals surface area contributed by atoms with Gasteiger partial charge in [-0.1, -0.05) is 17.7 Å². The smallest absolute Gasteiger partial charge is 0.0544 e. The molecule has 1 aromatic rings. The molecule has 1 aromatic carbocycles. The van der Waals surface area contributed by atoms with Crippen molar-refractivity contribution in [1.29, 1.82) is 0 Å². The van der Waals surface area contributed by atoms with E-state index in [-0.39, 0.29) is 0 Å². The maximum absolute atomic E-state index is 5.72. The number of nitrogens with one attached hydrogen (secondary N) is 1. The van der Waals surface area contributed by atoms with E-state index in [0.29, 0.717) is 11.6 Å². The van der Waals surface area contributed by atoms with Crippen LogP contribution in [0.1, 0.15) is 5.56 Å². The monoisotopic (exact) mass is 171 g/mol. The van der Waals surface area contributed by atoms with Gasteiger partial charge >= 0.3 is 0 Å². The highest BCUT2D eigenvalue weighted by Crippen LogP contribution is 2.19. The molecular formula is C7H10ClN3. The first kappa shape index (κ1) is 8.33. The zero-order valence-electron chi connectivity index (χ0n) is 5.97. The number of nitrogens with two attached hydrogens (primary N) is 2. The second-order valence-corrected chi connectivity index (χ2v) is 2.59. The first-order valence-corrected chi connectivity index (χ1v) is 3.61. The maximum atomic E-state index is 5.72. The normalized spacial score (nSPS) is 9.73. The number of benzene rings is 1. The van der Waals surface area contributed by atoms with Gasteiger partial charge in [0.1, 0.15) is 0 Å². The van der Waals surface area contributed by atoms with Crippen LogP contribution in [-0.4, -0.2) is 0 Å². The summed E-state index contributed by atoms with van der Waals surface area (Å²) in [6.07, 6.45) is 0. The molecule has 0 saturated carbocycles. The van der Waals surface area contributed by atoms with E-state index in [2.05, 4.69) is 5.43 Å². The van der Waals surface area contributed by atoms with Gasteiger partial charge in [0.25, 0.3) is 0 Å². The minimum Gasteiger partial charge on any atom is -0.326 e. The minimum atomic E-state index is 0.455. The van der Waals surface area contributed by atoms with Gasteiger partial charge in [-0.2, -0.15) is 0 Å². The quantitative estimate of drug-likeness (QED) is 0.461. The Morgan fingerprint density at radius 1 is 1.45 bits per heavy atom. The summed E-state index contributed by atoms with van der Waals surface area (Å²) < 4.78 is 0. The van der Waals surface area contributed by atoms with Crippen molar-refractivity contribution in [3.8, 4) is 0 Å². The molecule has 0 bridgehead atoms.